The van der Waals surface area contributed by atoms with Crippen molar-refractivity contribution in [1.82, 2.24) is 0 Å². The summed E-state index contributed by atoms with van der Waals surface area (Å²) in [6.45, 7) is 0.478. The van der Waals surface area contributed by atoms with Crippen LogP contribution in [0.2, 0.25) is 0 Å². The smallest absolute Gasteiger partial charge is 0.336 e. The number of benzene rings is 3. The highest BCUT2D eigenvalue weighted by atomic mass is 16.5. The van der Waals surface area contributed by atoms with Crippen molar-refractivity contribution in [1.29, 1.82) is 0 Å². The lowest BCUT2D eigenvalue weighted by atomic mass is 10.0. The Kier molecular flexibility index (Phi) is 6.47. The Morgan fingerprint density at radius 1 is 0.964 bits per heavy atom. The van der Waals surface area contributed by atoms with E-state index in [0.29, 0.717) is 29.2 Å². The van der Waals surface area contributed by atoms with Crippen LogP contribution in [0.25, 0.3) is 11.6 Å². The van der Waals surface area contributed by atoms with E-state index in [1.54, 1.807) is 37.5 Å². The van der Waals surface area contributed by atoms with Gasteiger partial charge in [-0.05, 0) is 29.3 Å². The summed E-state index contributed by atoms with van der Waals surface area (Å²) in [4.78, 5) is 11.8. The molecular formula is C24H22O4. The summed E-state index contributed by atoms with van der Waals surface area (Å²) in [5.74, 6) is 0.255. The molecule has 4 nitrogen and oxygen atoms in total. The van der Waals surface area contributed by atoms with E-state index in [-0.39, 0.29) is 5.57 Å². The van der Waals surface area contributed by atoms with E-state index in [1.165, 1.54) is 5.56 Å². The molecule has 0 radical (unpaired) electrons. The maximum Gasteiger partial charge on any atom is 0.336 e. The van der Waals surface area contributed by atoms with Gasteiger partial charge in [0.1, 0.15) is 11.5 Å². The zero-order valence-corrected chi connectivity index (χ0v) is 15.7. The van der Waals surface area contributed by atoms with Crippen molar-refractivity contribution in [3.63, 3.8) is 0 Å². The van der Waals surface area contributed by atoms with Crippen LogP contribution >= 0.6 is 0 Å². The second-order valence-corrected chi connectivity index (χ2v) is 6.22. The maximum absolute atomic E-state index is 11.8. The van der Waals surface area contributed by atoms with Crippen molar-refractivity contribution >= 4 is 17.6 Å². The molecule has 0 heterocycles. The molecule has 3 rings (SSSR count). The number of rotatable bonds is 8. The second-order valence-electron chi connectivity index (χ2n) is 6.22. The Hall–Kier alpha value is -3.53. The summed E-state index contributed by atoms with van der Waals surface area (Å²) in [5.41, 5.74) is 2.72. The molecule has 0 saturated carbocycles. The molecule has 0 aliphatic heterocycles. The standard InChI is InChI=1S/C24H22O4/c1-27-21-13-12-20(16-22(24(25)26)19-10-6-3-7-11-19)23(17-21)28-15-14-18-8-4-2-5-9-18/h2-13,16-17H,14-15H2,1H3,(H,25,26)/b22-16-. The van der Waals surface area contributed by atoms with Crippen LogP contribution in [-0.4, -0.2) is 24.8 Å². The average Bonchev–Trinajstić information content (AvgIpc) is 2.73. The number of methoxy groups -OCH3 is 1. The number of hydrogen-bond donors (Lipinski definition) is 1. The minimum Gasteiger partial charge on any atom is -0.497 e. The molecule has 3 aromatic rings. The van der Waals surface area contributed by atoms with E-state index >= 15 is 0 Å². The summed E-state index contributed by atoms with van der Waals surface area (Å²) >= 11 is 0. The van der Waals surface area contributed by atoms with Crippen LogP contribution in [0.3, 0.4) is 0 Å². The van der Waals surface area contributed by atoms with Gasteiger partial charge in [0, 0.05) is 18.1 Å². The van der Waals surface area contributed by atoms with Crippen molar-refractivity contribution in [3.8, 4) is 11.5 Å². The Morgan fingerprint density at radius 2 is 1.64 bits per heavy atom. The predicted molar refractivity (Wildman–Crippen MR) is 111 cm³/mol. The normalized spacial score (nSPS) is 11.1. The predicted octanol–water partition coefficient (Wildman–Crippen LogP) is 4.94. The number of carbonyl (C=O) groups is 1. The summed E-state index contributed by atoms with van der Waals surface area (Å²) in [6.07, 6.45) is 2.39. The van der Waals surface area contributed by atoms with Gasteiger partial charge in [-0.25, -0.2) is 4.79 Å². The summed E-state index contributed by atoms with van der Waals surface area (Å²) in [7, 11) is 1.59. The first-order valence-corrected chi connectivity index (χ1v) is 9.02. The van der Waals surface area contributed by atoms with Gasteiger partial charge in [-0.2, -0.15) is 0 Å². The van der Waals surface area contributed by atoms with Gasteiger partial charge < -0.3 is 14.6 Å². The number of carboxylic acid groups (broad SMARTS) is 1. The second kappa shape index (κ2) is 9.42. The molecule has 0 atom stereocenters. The SMILES string of the molecule is COc1ccc(/C=C(\C(=O)O)c2ccccc2)c(OCCc2ccccc2)c1. The molecule has 0 aliphatic rings. The first-order chi connectivity index (χ1) is 13.7. The molecule has 28 heavy (non-hydrogen) atoms. The number of carboxylic acids is 1. The molecular weight excluding hydrogens is 352 g/mol. The molecule has 0 fully saturated rings. The fourth-order valence-corrected chi connectivity index (χ4v) is 2.85. The molecule has 4 heteroatoms. The highest BCUT2D eigenvalue weighted by Gasteiger charge is 2.13. The third-order valence-corrected chi connectivity index (χ3v) is 4.33. The summed E-state index contributed by atoms with van der Waals surface area (Å²) in [5, 5.41) is 9.67. The lowest BCUT2D eigenvalue weighted by molar-refractivity contribution is -0.130. The number of hydrogen-bond acceptors (Lipinski definition) is 3. The molecule has 3 aromatic carbocycles. The van der Waals surface area contributed by atoms with Crippen molar-refractivity contribution in [2.75, 3.05) is 13.7 Å². The van der Waals surface area contributed by atoms with Gasteiger partial charge in [0.15, 0.2) is 0 Å². The van der Waals surface area contributed by atoms with E-state index in [2.05, 4.69) is 0 Å². The molecule has 142 valence electrons. The van der Waals surface area contributed by atoms with E-state index < -0.39 is 5.97 Å². The summed E-state index contributed by atoms with van der Waals surface area (Å²) < 4.78 is 11.3. The van der Waals surface area contributed by atoms with E-state index in [4.69, 9.17) is 9.47 Å². The van der Waals surface area contributed by atoms with Crippen LogP contribution in [0.1, 0.15) is 16.7 Å². The lowest BCUT2D eigenvalue weighted by Crippen LogP contribution is -2.04. The van der Waals surface area contributed by atoms with Gasteiger partial charge >= 0.3 is 5.97 Å². The highest BCUT2D eigenvalue weighted by Crippen LogP contribution is 2.29. The van der Waals surface area contributed by atoms with Gasteiger partial charge in [-0.15, -0.1) is 0 Å². The fraction of sp³-hybridized carbons (Fsp3) is 0.125. The molecule has 0 spiro atoms. The van der Waals surface area contributed by atoms with Crippen molar-refractivity contribution in [2.24, 2.45) is 0 Å². The van der Waals surface area contributed by atoms with Crippen molar-refractivity contribution in [3.05, 3.63) is 95.6 Å². The first-order valence-electron chi connectivity index (χ1n) is 9.02. The van der Waals surface area contributed by atoms with Gasteiger partial charge in [-0.3, -0.25) is 0 Å². The van der Waals surface area contributed by atoms with Gasteiger partial charge in [0.05, 0.1) is 19.3 Å². The molecule has 0 saturated heterocycles. The fourth-order valence-electron chi connectivity index (χ4n) is 2.85. The van der Waals surface area contributed by atoms with Crippen LogP contribution in [0.15, 0.2) is 78.9 Å². The zero-order chi connectivity index (χ0) is 19.8. The van der Waals surface area contributed by atoms with Crippen LogP contribution in [0, 0.1) is 0 Å². The minimum absolute atomic E-state index is 0.207. The molecule has 0 amide bonds. The maximum atomic E-state index is 11.8. The van der Waals surface area contributed by atoms with Crippen LogP contribution in [-0.2, 0) is 11.2 Å². The zero-order valence-electron chi connectivity index (χ0n) is 15.7. The molecule has 0 bridgehead atoms. The van der Waals surface area contributed by atoms with E-state index in [1.807, 2.05) is 54.6 Å². The van der Waals surface area contributed by atoms with E-state index in [0.717, 1.165) is 6.42 Å². The van der Waals surface area contributed by atoms with Crippen molar-refractivity contribution < 1.29 is 19.4 Å². The largest absolute Gasteiger partial charge is 0.497 e. The highest BCUT2D eigenvalue weighted by molar-refractivity contribution is 6.20. The van der Waals surface area contributed by atoms with Gasteiger partial charge in [0.25, 0.3) is 0 Å². The first kappa shape index (κ1) is 19.2. The minimum atomic E-state index is -0.989. The number of aliphatic carboxylic acids is 1. The van der Waals surface area contributed by atoms with Gasteiger partial charge in [0.2, 0.25) is 0 Å². The average molecular weight is 374 g/mol. The molecule has 0 aromatic heterocycles. The topological polar surface area (TPSA) is 55.8 Å². The van der Waals surface area contributed by atoms with E-state index in [9.17, 15) is 9.90 Å². The monoisotopic (exact) mass is 374 g/mol. The molecule has 1 N–H and O–H groups in total. The Bertz CT molecular complexity index is 947. The van der Waals surface area contributed by atoms with Crippen LogP contribution < -0.4 is 9.47 Å². The van der Waals surface area contributed by atoms with Crippen LogP contribution in [0.5, 0.6) is 11.5 Å². The Balaban J connectivity index is 1.88. The van der Waals surface area contributed by atoms with Gasteiger partial charge in [-0.1, -0.05) is 60.7 Å². The Morgan fingerprint density at radius 3 is 2.29 bits per heavy atom. The quantitative estimate of drug-likeness (QED) is 0.448. The van der Waals surface area contributed by atoms with Crippen molar-refractivity contribution in [2.45, 2.75) is 6.42 Å². The van der Waals surface area contributed by atoms with Crippen LogP contribution in [0.4, 0.5) is 0 Å². The Labute approximate surface area is 164 Å². The summed E-state index contributed by atoms with van der Waals surface area (Å²) in [6, 6.07) is 24.5. The third-order valence-electron chi connectivity index (χ3n) is 4.33. The third kappa shape index (κ3) is 5.01. The lowest BCUT2D eigenvalue weighted by Gasteiger charge is -2.12. The number of ether oxygens (including phenoxy) is 2. The molecule has 0 aliphatic carbocycles. The molecule has 0 unspecified atom stereocenters.